The van der Waals surface area contributed by atoms with Crippen molar-refractivity contribution in [1.29, 1.82) is 0 Å². The van der Waals surface area contributed by atoms with Crippen molar-refractivity contribution in [2.45, 2.75) is 72.1 Å². The summed E-state index contributed by atoms with van der Waals surface area (Å²) in [4.78, 5) is 32.3. The van der Waals surface area contributed by atoms with Crippen LogP contribution in [-0.2, 0) is 0 Å². The molecule has 1 saturated heterocycles. The highest BCUT2D eigenvalue weighted by molar-refractivity contribution is 5.94. The van der Waals surface area contributed by atoms with Crippen LogP contribution in [0.4, 0.5) is 9.18 Å². The van der Waals surface area contributed by atoms with Crippen molar-refractivity contribution in [3.8, 4) is 0 Å². The van der Waals surface area contributed by atoms with E-state index in [1.54, 1.807) is 17.0 Å². The van der Waals surface area contributed by atoms with E-state index in [4.69, 9.17) is 0 Å². The Kier molecular flexibility index (Phi) is 10.4. The van der Waals surface area contributed by atoms with Crippen molar-refractivity contribution in [2.75, 3.05) is 52.4 Å². The van der Waals surface area contributed by atoms with E-state index < -0.39 is 0 Å². The zero-order chi connectivity index (χ0) is 27.8. The first-order chi connectivity index (χ1) is 18.8. The zero-order valence-corrected chi connectivity index (χ0v) is 24.4. The molecule has 1 aliphatic heterocycles. The predicted molar refractivity (Wildman–Crippen MR) is 155 cm³/mol. The third-order valence-corrected chi connectivity index (χ3v) is 9.47. The molecule has 0 aromatic heterocycles. The van der Waals surface area contributed by atoms with Gasteiger partial charge >= 0.3 is 6.03 Å². The molecule has 2 atom stereocenters. The van der Waals surface area contributed by atoms with E-state index in [2.05, 4.69) is 37.1 Å². The molecule has 1 saturated carbocycles. The van der Waals surface area contributed by atoms with Crippen molar-refractivity contribution in [1.82, 2.24) is 20.0 Å². The summed E-state index contributed by atoms with van der Waals surface area (Å²) in [6.07, 6.45) is 12.1. The minimum Gasteiger partial charge on any atom is -0.338 e. The number of allylic oxidation sites excluding steroid dienone is 1. The standard InChI is InChI=1S/C32H49FN4O2/c1-4-5-6-7-8-9-15-34-31(39)37(24-26-13-14-27-23-29(26)32(27,2)3)21-18-35-16-19-36(20-17-35)30(38)25-11-10-12-28(33)22-25/h10-13,22,27,29H,4-9,14-21,23-24H2,1-3H3,(H,34,39). The number of benzene rings is 1. The predicted octanol–water partition coefficient (Wildman–Crippen LogP) is 5.95. The molecule has 1 aromatic carbocycles. The number of halogens is 1. The van der Waals surface area contributed by atoms with E-state index in [1.165, 1.54) is 56.2 Å². The molecule has 1 heterocycles. The van der Waals surface area contributed by atoms with Gasteiger partial charge in [0.25, 0.3) is 5.91 Å². The minimum absolute atomic E-state index is 0.0450. The Morgan fingerprint density at radius 2 is 1.82 bits per heavy atom. The molecular weight excluding hydrogens is 491 g/mol. The molecule has 2 fully saturated rings. The second-order valence-electron chi connectivity index (χ2n) is 12.4. The van der Waals surface area contributed by atoms with Gasteiger partial charge < -0.3 is 15.1 Å². The van der Waals surface area contributed by atoms with Crippen LogP contribution < -0.4 is 5.32 Å². The van der Waals surface area contributed by atoms with Crippen LogP contribution in [0.25, 0.3) is 0 Å². The van der Waals surface area contributed by atoms with E-state index >= 15 is 0 Å². The van der Waals surface area contributed by atoms with Crippen LogP contribution in [0.5, 0.6) is 0 Å². The molecule has 4 aliphatic rings. The van der Waals surface area contributed by atoms with E-state index in [0.717, 1.165) is 44.9 Å². The number of unbranched alkanes of at least 4 members (excludes halogenated alkanes) is 5. The van der Waals surface area contributed by atoms with E-state index in [0.29, 0.717) is 43.1 Å². The monoisotopic (exact) mass is 540 g/mol. The van der Waals surface area contributed by atoms with Crippen LogP contribution >= 0.6 is 0 Å². The molecule has 3 amide bonds. The molecule has 216 valence electrons. The molecule has 7 heteroatoms. The number of rotatable bonds is 13. The maximum atomic E-state index is 13.6. The van der Waals surface area contributed by atoms with E-state index in [9.17, 15) is 14.0 Å². The lowest BCUT2D eigenvalue weighted by Crippen LogP contribution is -2.53. The van der Waals surface area contributed by atoms with Gasteiger partial charge in [-0.1, -0.05) is 70.6 Å². The maximum absolute atomic E-state index is 13.6. The first kappa shape index (κ1) is 29.6. The SMILES string of the molecule is CCCCCCCCNC(=O)N(CCN1CCN(C(=O)c2cccc(F)c2)CC1)CC1=CCC2CC1C2(C)C. The summed E-state index contributed by atoms with van der Waals surface area (Å²) in [5.74, 6) is 0.869. The Balaban J connectivity index is 1.27. The fourth-order valence-electron chi connectivity index (χ4n) is 6.58. The number of nitrogens with one attached hydrogen (secondary N) is 1. The van der Waals surface area contributed by atoms with Gasteiger partial charge in [0.1, 0.15) is 5.82 Å². The van der Waals surface area contributed by atoms with Crippen LogP contribution in [0.15, 0.2) is 35.9 Å². The van der Waals surface area contributed by atoms with Gasteiger partial charge in [0, 0.05) is 57.9 Å². The lowest BCUT2D eigenvalue weighted by atomic mass is 9.49. The number of carbonyl (C=O) groups is 2. The number of amides is 3. The Morgan fingerprint density at radius 1 is 1.08 bits per heavy atom. The molecule has 39 heavy (non-hydrogen) atoms. The second-order valence-corrected chi connectivity index (χ2v) is 12.4. The van der Waals surface area contributed by atoms with Gasteiger partial charge in [-0.15, -0.1) is 0 Å². The van der Waals surface area contributed by atoms with Gasteiger partial charge in [0.2, 0.25) is 0 Å². The summed E-state index contributed by atoms with van der Waals surface area (Å²) in [5.41, 5.74) is 2.18. The Bertz CT molecular complexity index is 1000. The maximum Gasteiger partial charge on any atom is 0.317 e. The molecule has 1 aromatic rings. The van der Waals surface area contributed by atoms with Crippen LogP contribution in [0.3, 0.4) is 0 Å². The number of nitrogens with zero attached hydrogens (tertiary/aromatic N) is 3. The number of fused-ring (bicyclic) bond motifs is 1. The van der Waals surface area contributed by atoms with Gasteiger partial charge in [-0.05, 0) is 54.7 Å². The molecule has 0 radical (unpaired) electrons. The Hall–Kier alpha value is -2.41. The quantitative estimate of drug-likeness (QED) is 0.249. The van der Waals surface area contributed by atoms with Crippen molar-refractivity contribution in [2.24, 2.45) is 17.3 Å². The van der Waals surface area contributed by atoms with E-state index in [1.807, 2.05) is 4.90 Å². The molecule has 2 bridgehead atoms. The number of hydrogen-bond donors (Lipinski definition) is 1. The molecular formula is C32H49FN4O2. The number of piperazine rings is 1. The second kappa shape index (κ2) is 13.8. The summed E-state index contributed by atoms with van der Waals surface area (Å²) >= 11 is 0. The highest BCUT2D eigenvalue weighted by Crippen LogP contribution is 2.59. The lowest BCUT2D eigenvalue weighted by Gasteiger charge is -2.57. The van der Waals surface area contributed by atoms with Crippen molar-refractivity contribution < 1.29 is 14.0 Å². The average molecular weight is 541 g/mol. The first-order valence-corrected chi connectivity index (χ1v) is 15.3. The number of hydrogen-bond acceptors (Lipinski definition) is 3. The van der Waals surface area contributed by atoms with Gasteiger partial charge in [-0.25, -0.2) is 9.18 Å². The first-order valence-electron chi connectivity index (χ1n) is 15.3. The summed E-state index contributed by atoms with van der Waals surface area (Å²) in [6, 6.07) is 5.96. The van der Waals surface area contributed by atoms with Gasteiger partial charge in [0.05, 0.1) is 0 Å². The molecule has 5 rings (SSSR count). The normalized spacial score (nSPS) is 22.2. The zero-order valence-electron chi connectivity index (χ0n) is 24.4. The summed E-state index contributed by atoms with van der Waals surface area (Å²) in [6.45, 7) is 12.6. The lowest BCUT2D eigenvalue weighted by molar-refractivity contribution is -0.00984. The van der Waals surface area contributed by atoms with Crippen molar-refractivity contribution in [3.63, 3.8) is 0 Å². The third kappa shape index (κ3) is 7.62. The van der Waals surface area contributed by atoms with Crippen LogP contribution in [0.1, 0.15) is 82.5 Å². The van der Waals surface area contributed by atoms with Crippen LogP contribution in [0.2, 0.25) is 0 Å². The smallest absolute Gasteiger partial charge is 0.317 e. The van der Waals surface area contributed by atoms with Crippen LogP contribution in [-0.4, -0.2) is 79.0 Å². The fourth-order valence-corrected chi connectivity index (χ4v) is 6.58. The molecule has 1 N–H and O–H groups in total. The number of urea groups is 1. The minimum atomic E-state index is -0.386. The summed E-state index contributed by atoms with van der Waals surface area (Å²) < 4.78 is 13.6. The Morgan fingerprint density at radius 3 is 2.51 bits per heavy atom. The molecule has 6 nitrogen and oxygen atoms in total. The fraction of sp³-hybridized carbons (Fsp3) is 0.688. The highest BCUT2D eigenvalue weighted by Gasteiger charge is 2.51. The van der Waals surface area contributed by atoms with Crippen LogP contribution in [0, 0.1) is 23.1 Å². The summed E-state index contributed by atoms with van der Waals surface area (Å²) in [7, 11) is 0. The van der Waals surface area contributed by atoms with Gasteiger partial charge in [-0.2, -0.15) is 0 Å². The van der Waals surface area contributed by atoms with Crippen molar-refractivity contribution >= 4 is 11.9 Å². The summed E-state index contributed by atoms with van der Waals surface area (Å²) in [5, 5.41) is 3.20. The van der Waals surface area contributed by atoms with Gasteiger partial charge in [0.15, 0.2) is 0 Å². The topological polar surface area (TPSA) is 55.9 Å². The Labute approximate surface area is 235 Å². The van der Waals surface area contributed by atoms with E-state index in [-0.39, 0.29) is 17.8 Å². The van der Waals surface area contributed by atoms with Gasteiger partial charge in [-0.3, -0.25) is 9.69 Å². The largest absolute Gasteiger partial charge is 0.338 e. The molecule has 2 unspecified atom stereocenters. The average Bonchev–Trinajstić information content (AvgIpc) is 2.94. The third-order valence-electron chi connectivity index (χ3n) is 9.47. The van der Waals surface area contributed by atoms with Crippen molar-refractivity contribution in [3.05, 3.63) is 47.3 Å². The molecule has 0 spiro atoms. The highest BCUT2D eigenvalue weighted by atomic mass is 19.1. The molecule has 3 aliphatic carbocycles. The number of carbonyl (C=O) groups excluding carboxylic acids is 2.